The molecule has 1 rings (SSSR count). The molecule has 78 valence electrons. The third kappa shape index (κ3) is 3.60. The van der Waals surface area contributed by atoms with Crippen molar-refractivity contribution in [1.29, 1.82) is 0 Å². The van der Waals surface area contributed by atoms with Gasteiger partial charge in [-0.3, -0.25) is 9.59 Å². The fourth-order valence-electron chi connectivity index (χ4n) is 1.40. The summed E-state index contributed by atoms with van der Waals surface area (Å²) < 4.78 is 0. The second-order valence-electron chi connectivity index (χ2n) is 3.55. The van der Waals surface area contributed by atoms with Crippen molar-refractivity contribution >= 4 is 11.9 Å². The first kappa shape index (κ1) is 10.8. The Morgan fingerprint density at radius 3 is 2.64 bits per heavy atom. The molecule has 0 aliphatic heterocycles. The van der Waals surface area contributed by atoms with Crippen molar-refractivity contribution in [2.45, 2.75) is 32.2 Å². The van der Waals surface area contributed by atoms with E-state index in [1.807, 2.05) is 0 Å². The van der Waals surface area contributed by atoms with Crippen LogP contribution in [0.5, 0.6) is 0 Å². The zero-order valence-corrected chi connectivity index (χ0v) is 8.19. The van der Waals surface area contributed by atoms with Crippen molar-refractivity contribution in [1.82, 2.24) is 5.32 Å². The van der Waals surface area contributed by atoms with Crippen LogP contribution < -0.4 is 5.32 Å². The van der Waals surface area contributed by atoms with Crippen molar-refractivity contribution in [2.75, 3.05) is 0 Å². The molecule has 0 aromatic rings. The van der Waals surface area contributed by atoms with Crippen LogP contribution in [0, 0.1) is 5.92 Å². The van der Waals surface area contributed by atoms with Gasteiger partial charge in [0.05, 0.1) is 6.42 Å². The number of carboxylic acid groups (broad SMARTS) is 1. The highest BCUT2D eigenvalue weighted by Gasteiger charge is 2.33. The largest absolute Gasteiger partial charge is 0.481 e. The second-order valence-corrected chi connectivity index (χ2v) is 3.55. The monoisotopic (exact) mass is 197 g/mol. The molecule has 0 spiro atoms. The number of allylic oxidation sites excluding steroid dienone is 1. The molecule has 0 saturated heterocycles. The maximum Gasteiger partial charge on any atom is 0.305 e. The van der Waals surface area contributed by atoms with E-state index in [-0.39, 0.29) is 18.4 Å². The minimum Gasteiger partial charge on any atom is -0.481 e. The van der Waals surface area contributed by atoms with Crippen LogP contribution in [0.2, 0.25) is 0 Å². The Hall–Kier alpha value is -1.32. The van der Waals surface area contributed by atoms with E-state index in [0.29, 0.717) is 5.92 Å². The van der Waals surface area contributed by atoms with Gasteiger partial charge in [-0.25, -0.2) is 0 Å². The van der Waals surface area contributed by atoms with Gasteiger partial charge in [0.15, 0.2) is 0 Å². The molecule has 4 nitrogen and oxygen atoms in total. The first-order valence-electron chi connectivity index (χ1n) is 4.78. The maximum absolute atomic E-state index is 11.2. The Kier molecular flexibility index (Phi) is 3.68. The number of carboxylic acids is 1. The average molecular weight is 197 g/mol. The molecule has 2 N–H and O–H groups in total. The third-order valence-corrected chi connectivity index (χ3v) is 2.23. The van der Waals surface area contributed by atoms with Gasteiger partial charge in [0.2, 0.25) is 5.91 Å². The van der Waals surface area contributed by atoms with E-state index in [4.69, 9.17) is 5.11 Å². The standard InChI is InChI=1S/C10H15NO3/c1-2-3-9(12)11-8(6-10(13)14)7-4-5-7/h2-3,7-8H,4-6H2,1H3,(H,11,12)(H,13,14)/b3-2+. The molecule has 14 heavy (non-hydrogen) atoms. The molecule has 0 aromatic carbocycles. The molecule has 1 aliphatic rings. The Balaban J connectivity index is 2.42. The van der Waals surface area contributed by atoms with Crippen LogP contribution in [-0.4, -0.2) is 23.0 Å². The van der Waals surface area contributed by atoms with Crippen molar-refractivity contribution in [3.63, 3.8) is 0 Å². The Bertz CT molecular complexity index is 256. The van der Waals surface area contributed by atoms with Gasteiger partial charge in [0.25, 0.3) is 0 Å². The van der Waals surface area contributed by atoms with E-state index >= 15 is 0 Å². The highest BCUT2D eigenvalue weighted by atomic mass is 16.4. The lowest BCUT2D eigenvalue weighted by atomic mass is 10.1. The van der Waals surface area contributed by atoms with E-state index in [9.17, 15) is 9.59 Å². The number of amides is 1. The Labute approximate surface area is 83.0 Å². The Morgan fingerprint density at radius 1 is 1.57 bits per heavy atom. The number of aliphatic carboxylic acids is 1. The van der Waals surface area contributed by atoms with Crippen LogP contribution >= 0.6 is 0 Å². The summed E-state index contributed by atoms with van der Waals surface area (Å²) in [5.41, 5.74) is 0. The molecule has 0 radical (unpaired) electrons. The van der Waals surface area contributed by atoms with Crippen molar-refractivity contribution in [3.8, 4) is 0 Å². The number of hydrogen-bond acceptors (Lipinski definition) is 2. The summed E-state index contributed by atoms with van der Waals surface area (Å²) in [4.78, 5) is 21.7. The first-order valence-corrected chi connectivity index (χ1v) is 4.78. The summed E-state index contributed by atoms with van der Waals surface area (Å²) >= 11 is 0. The number of nitrogens with one attached hydrogen (secondary N) is 1. The number of hydrogen-bond donors (Lipinski definition) is 2. The fourth-order valence-corrected chi connectivity index (χ4v) is 1.40. The predicted octanol–water partition coefficient (Wildman–Crippen LogP) is 0.932. The molecular weight excluding hydrogens is 182 g/mol. The molecule has 1 amide bonds. The highest BCUT2D eigenvalue weighted by Crippen LogP contribution is 2.33. The van der Waals surface area contributed by atoms with Crippen LogP contribution in [0.15, 0.2) is 12.2 Å². The topological polar surface area (TPSA) is 66.4 Å². The molecule has 0 aromatic heterocycles. The van der Waals surface area contributed by atoms with Crippen molar-refractivity contribution in [3.05, 3.63) is 12.2 Å². The van der Waals surface area contributed by atoms with Gasteiger partial charge in [-0.2, -0.15) is 0 Å². The fraction of sp³-hybridized carbons (Fsp3) is 0.600. The quantitative estimate of drug-likeness (QED) is 0.644. The van der Waals surface area contributed by atoms with Crippen molar-refractivity contribution < 1.29 is 14.7 Å². The number of rotatable bonds is 5. The minimum atomic E-state index is -0.859. The third-order valence-electron chi connectivity index (χ3n) is 2.23. The molecule has 1 aliphatic carbocycles. The van der Waals surface area contributed by atoms with Crippen LogP contribution in [0.25, 0.3) is 0 Å². The number of carbonyl (C=O) groups is 2. The van der Waals surface area contributed by atoms with Crippen LogP contribution in [0.4, 0.5) is 0 Å². The minimum absolute atomic E-state index is 0.0218. The molecule has 1 fully saturated rings. The van der Waals surface area contributed by atoms with Crippen LogP contribution in [0.3, 0.4) is 0 Å². The summed E-state index contributed by atoms with van der Waals surface area (Å²) in [7, 11) is 0. The summed E-state index contributed by atoms with van der Waals surface area (Å²) in [6.45, 7) is 1.75. The lowest BCUT2D eigenvalue weighted by molar-refractivity contribution is -0.137. The van der Waals surface area contributed by atoms with Gasteiger partial charge in [0, 0.05) is 6.04 Å². The summed E-state index contributed by atoms with van der Waals surface area (Å²) in [6, 6.07) is -0.198. The van der Waals surface area contributed by atoms with Gasteiger partial charge < -0.3 is 10.4 Å². The van der Waals surface area contributed by atoms with Gasteiger partial charge in [-0.15, -0.1) is 0 Å². The molecule has 4 heteroatoms. The van der Waals surface area contributed by atoms with E-state index < -0.39 is 5.97 Å². The molecule has 0 bridgehead atoms. The van der Waals surface area contributed by atoms with Crippen LogP contribution in [-0.2, 0) is 9.59 Å². The van der Waals surface area contributed by atoms with E-state index in [0.717, 1.165) is 12.8 Å². The lowest BCUT2D eigenvalue weighted by Crippen LogP contribution is -2.37. The van der Waals surface area contributed by atoms with Gasteiger partial charge in [-0.05, 0) is 31.8 Å². The van der Waals surface area contributed by atoms with Gasteiger partial charge in [0.1, 0.15) is 0 Å². The molecule has 1 unspecified atom stereocenters. The zero-order chi connectivity index (χ0) is 10.6. The zero-order valence-electron chi connectivity index (χ0n) is 8.19. The average Bonchev–Trinajstić information content (AvgIpc) is 2.84. The van der Waals surface area contributed by atoms with Crippen LogP contribution in [0.1, 0.15) is 26.2 Å². The normalized spacial score (nSPS) is 18.1. The molecular formula is C10H15NO3. The molecule has 1 atom stereocenters. The van der Waals surface area contributed by atoms with Crippen molar-refractivity contribution in [2.24, 2.45) is 5.92 Å². The Morgan fingerprint density at radius 2 is 2.21 bits per heavy atom. The van der Waals surface area contributed by atoms with E-state index in [2.05, 4.69) is 5.32 Å². The molecule has 1 saturated carbocycles. The summed E-state index contributed by atoms with van der Waals surface area (Å²) in [6.07, 6.45) is 5.12. The SMILES string of the molecule is C/C=C/C(=O)NC(CC(=O)O)C1CC1. The predicted molar refractivity (Wildman–Crippen MR) is 51.7 cm³/mol. The first-order chi connectivity index (χ1) is 6.63. The van der Waals surface area contributed by atoms with Gasteiger partial charge >= 0.3 is 5.97 Å². The summed E-state index contributed by atoms with van der Waals surface area (Å²) in [5, 5.41) is 11.3. The smallest absolute Gasteiger partial charge is 0.305 e. The molecule has 0 heterocycles. The second kappa shape index (κ2) is 4.79. The summed E-state index contributed by atoms with van der Waals surface area (Å²) in [5.74, 6) is -0.700. The van der Waals surface area contributed by atoms with E-state index in [1.165, 1.54) is 6.08 Å². The lowest BCUT2D eigenvalue weighted by Gasteiger charge is -2.14. The van der Waals surface area contributed by atoms with E-state index in [1.54, 1.807) is 13.0 Å². The maximum atomic E-state index is 11.2. The highest BCUT2D eigenvalue weighted by molar-refractivity contribution is 5.88. The number of carbonyl (C=O) groups excluding carboxylic acids is 1. The van der Waals surface area contributed by atoms with Gasteiger partial charge in [-0.1, -0.05) is 6.08 Å².